The molecule has 0 spiro atoms. The summed E-state index contributed by atoms with van der Waals surface area (Å²) in [7, 11) is 0. The van der Waals surface area contributed by atoms with Crippen LogP contribution >= 0.6 is 0 Å². The fraction of sp³-hybridized carbons (Fsp3) is 0.478. The number of hydrogen-bond acceptors (Lipinski definition) is 6. The van der Waals surface area contributed by atoms with Crippen LogP contribution in [-0.4, -0.2) is 42.1 Å². The molecule has 3 N–H and O–H groups in total. The summed E-state index contributed by atoms with van der Waals surface area (Å²) < 4.78 is 11.0. The summed E-state index contributed by atoms with van der Waals surface area (Å²) in [5.74, 6) is -2.17. The van der Waals surface area contributed by atoms with Gasteiger partial charge in [-0.25, -0.2) is 9.59 Å². The number of carbonyl (C=O) groups is 3. The van der Waals surface area contributed by atoms with Gasteiger partial charge in [0.15, 0.2) is 6.61 Å². The molecule has 1 atom stereocenters. The smallest absolute Gasteiger partial charge is 0.336 e. The molecule has 0 fully saturated rings. The lowest BCUT2D eigenvalue weighted by atomic mass is 10.0. The van der Waals surface area contributed by atoms with Gasteiger partial charge in [0.25, 0.3) is 5.91 Å². The summed E-state index contributed by atoms with van der Waals surface area (Å²) in [6, 6.07) is 3.91. The van der Waals surface area contributed by atoms with Crippen molar-refractivity contribution in [1.29, 1.82) is 0 Å². The molecule has 0 saturated heterocycles. The maximum atomic E-state index is 12.2. The van der Waals surface area contributed by atoms with Gasteiger partial charge in [-0.2, -0.15) is 0 Å². The van der Waals surface area contributed by atoms with Crippen LogP contribution in [0, 0.1) is 12.8 Å². The topological polar surface area (TPSA) is 135 Å². The Morgan fingerprint density at radius 3 is 2.50 bits per heavy atom. The van der Waals surface area contributed by atoms with Gasteiger partial charge >= 0.3 is 11.6 Å². The average Bonchev–Trinajstić information content (AvgIpc) is 2.71. The fourth-order valence-corrected chi connectivity index (χ4v) is 3.26. The Balaban J connectivity index is 2.07. The lowest BCUT2D eigenvalue weighted by Crippen LogP contribution is -2.48. The van der Waals surface area contributed by atoms with Gasteiger partial charge in [-0.3, -0.25) is 9.59 Å². The highest BCUT2D eigenvalue weighted by Crippen LogP contribution is 2.30. The molecule has 32 heavy (non-hydrogen) atoms. The Kier molecular flexibility index (Phi) is 8.80. The predicted molar refractivity (Wildman–Crippen MR) is 119 cm³/mol. The quantitative estimate of drug-likeness (QED) is 0.450. The first kappa shape index (κ1) is 24.9. The summed E-state index contributed by atoms with van der Waals surface area (Å²) in [4.78, 5) is 47.3. The molecule has 1 aromatic carbocycles. The molecule has 0 bridgehead atoms. The van der Waals surface area contributed by atoms with E-state index in [0.29, 0.717) is 23.1 Å². The van der Waals surface area contributed by atoms with Crippen LogP contribution in [0.5, 0.6) is 5.75 Å². The second kappa shape index (κ2) is 11.3. The number of rotatable bonds is 11. The zero-order valence-electron chi connectivity index (χ0n) is 18.8. The Morgan fingerprint density at radius 2 is 1.88 bits per heavy atom. The van der Waals surface area contributed by atoms with E-state index in [-0.39, 0.29) is 19.1 Å². The third-order valence-corrected chi connectivity index (χ3v) is 4.89. The molecule has 9 heteroatoms. The number of amides is 2. The third-order valence-electron chi connectivity index (χ3n) is 4.89. The lowest BCUT2D eigenvalue weighted by molar-refractivity contribution is -0.143. The Morgan fingerprint density at radius 1 is 1.16 bits per heavy atom. The van der Waals surface area contributed by atoms with Crippen LogP contribution in [0.2, 0.25) is 0 Å². The van der Waals surface area contributed by atoms with E-state index in [1.807, 2.05) is 6.92 Å². The number of aliphatic carboxylic acids is 1. The normalized spacial score (nSPS) is 11.9. The van der Waals surface area contributed by atoms with Gasteiger partial charge in [-0.1, -0.05) is 27.2 Å². The molecule has 1 unspecified atom stereocenters. The van der Waals surface area contributed by atoms with Crippen LogP contribution in [0.3, 0.4) is 0 Å². The number of fused-ring (bicyclic) bond motifs is 1. The van der Waals surface area contributed by atoms with Gasteiger partial charge in [-0.15, -0.1) is 0 Å². The zero-order valence-corrected chi connectivity index (χ0v) is 18.8. The molecular weight excluding hydrogens is 416 g/mol. The van der Waals surface area contributed by atoms with Crippen LogP contribution < -0.4 is 21.0 Å². The maximum Gasteiger partial charge on any atom is 0.336 e. The van der Waals surface area contributed by atoms with Gasteiger partial charge in [0.2, 0.25) is 5.91 Å². The van der Waals surface area contributed by atoms with Crippen LogP contribution in [-0.2, 0) is 20.8 Å². The van der Waals surface area contributed by atoms with Crippen LogP contribution in [0.25, 0.3) is 11.0 Å². The molecule has 1 aromatic heterocycles. The molecule has 1 heterocycles. The Labute approximate surface area is 186 Å². The number of aryl methyl sites for hydroxylation is 2. The minimum absolute atomic E-state index is 0.299. The summed E-state index contributed by atoms with van der Waals surface area (Å²) in [6.07, 6.45) is 2.51. The minimum Gasteiger partial charge on any atom is -0.483 e. The largest absolute Gasteiger partial charge is 0.483 e. The van der Waals surface area contributed by atoms with Gasteiger partial charge in [0, 0.05) is 6.07 Å². The first-order chi connectivity index (χ1) is 15.1. The first-order valence-corrected chi connectivity index (χ1v) is 10.6. The van der Waals surface area contributed by atoms with Crippen LogP contribution in [0.1, 0.15) is 44.7 Å². The third kappa shape index (κ3) is 6.83. The average molecular weight is 447 g/mol. The molecule has 2 amide bonds. The van der Waals surface area contributed by atoms with E-state index < -0.39 is 29.5 Å². The Bertz CT molecular complexity index is 1040. The minimum atomic E-state index is -1.14. The van der Waals surface area contributed by atoms with Crippen LogP contribution in [0.4, 0.5) is 0 Å². The molecule has 2 aromatic rings. The number of carbonyl (C=O) groups excluding carboxylic acids is 2. The highest BCUT2D eigenvalue weighted by molar-refractivity contribution is 5.90. The number of ether oxygens (including phenoxy) is 1. The van der Waals surface area contributed by atoms with Crippen molar-refractivity contribution in [2.75, 3.05) is 13.2 Å². The fourth-order valence-electron chi connectivity index (χ4n) is 3.26. The van der Waals surface area contributed by atoms with Crippen molar-refractivity contribution >= 4 is 28.8 Å². The van der Waals surface area contributed by atoms with Gasteiger partial charge in [0.05, 0.1) is 11.9 Å². The molecule has 2 rings (SSSR count). The van der Waals surface area contributed by atoms with Gasteiger partial charge in [-0.05, 0) is 48.9 Å². The monoisotopic (exact) mass is 446 g/mol. The second-order valence-electron chi connectivity index (χ2n) is 8.02. The molecule has 0 aliphatic heterocycles. The molecule has 0 aliphatic carbocycles. The SMILES string of the molecule is CCCCc1cc(=O)oc2cc(C)cc(OCC(=O)NCC(=O)NC(C(=O)O)C(C)C)c12. The van der Waals surface area contributed by atoms with Crippen molar-refractivity contribution in [3.8, 4) is 5.75 Å². The molecule has 0 saturated carbocycles. The Hall–Kier alpha value is -3.36. The second-order valence-corrected chi connectivity index (χ2v) is 8.02. The molecule has 174 valence electrons. The molecule has 0 radical (unpaired) electrons. The van der Waals surface area contributed by atoms with Crippen molar-refractivity contribution in [3.63, 3.8) is 0 Å². The number of carboxylic acids is 1. The van der Waals surface area contributed by atoms with E-state index in [4.69, 9.17) is 14.3 Å². The first-order valence-electron chi connectivity index (χ1n) is 10.6. The molecule has 0 aliphatic rings. The van der Waals surface area contributed by atoms with Crippen molar-refractivity contribution in [2.24, 2.45) is 5.92 Å². The van der Waals surface area contributed by atoms with Gasteiger partial charge < -0.3 is 24.9 Å². The molecule has 9 nitrogen and oxygen atoms in total. The highest BCUT2D eigenvalue weighted by atomic mass is 16.5. The molecular formula is C23H30N2O7. The van der Waals surface area contributed by atoms with E-state index in [0.717, 1.165) is 24.0 Å². The number of carboxylic acid groups (broad SMARTS) is 1. The van der Waals surface area contributed by atoms with Crippen molar-refractivity contribution in [1.82, 2.24) is 10.6 Å². The van der Waals surface area contributed by atoms with Gasteiger partial charge in [0.1, 0.15) is 17.4 Å². The number of benzene rings is 1. The van der Waals surface area contributed by atoms with Crippen molar-refractivity contribution < 1.29 is 28.6 Å². The summed E-state index contributed by atoms with van der Waals surface area (Å²) in [6.45, 7) is 6.50. The highest BCUT2D eigenvalue weighted by Gasteiger charge is 2.23. The van der Waals surface area contributed by atoms with Crippen molar-refractivity contribution in [2.45, 2.75) is 53.0 Å². The number of unbranched alkanes of at least 4 members (excludes halogenated alkanes) is 1. The standard InChI is InChI=1S/C23H30N2O7/c1-5-6-7-15-10-20(28)32-17-9-14(4)8-16(21(15)17)31-12-19(27)24-11-18(26)25-22(13(2)3)23(29)30/h8-10,13,22H,5-7,11-12H2,1-4H3,(H,24,27)(H,25,26)(H,29,30). The van der Waals surface area contributed by atoms with E-state index in [1.165, 1.54) is 6.07 Å². The predicted octanol–water partition coefficient (Wildman–Crippen LogP) is 2.16. The van der Waals surface area contributed by atoms with E-state index in [1.54, 1.807) is 26.0 Å². The van der Waals surface area contributed by atoms with E-state index in [2.05, 4.69) is 17.6 Å². The van der Waals surface area contributed by atoms with E-state index in [9.17, 15) is 19.2 Å². The van der Waals surface area contributed by atoms with Crippen LogP contribution in [0.15, 0.2) is 27.4 Å². The maximum absolute atomic E-state index is 12.2. The number of hydrogen-bond donors (Lipinski definition) is 3. The summed E-state index contributed by atoms with van der Waals surface area (Å²) in [5.41, 5.74) is 1.55. The van der Waals surface area contributed by atoms with Crippen molar-refractivity contribution in [3.05, 3.63) is 39.7 Å². The summed E-state index contributed by atoms with van der Waals surface area (Å²) >= 11 is 0. The number of nitrogens with one attached hydrogen (secondary N) is 2. The zero-order chi connectivity index (χ0) is 23.8. The lowest BCUT2D eigenvalue weighted by Gasteiger charge is -2.18. The summed E-state index contributed by atoms with van der Waals surface area (Å²) in [5, 5.41) is 14.6. The van der Waals surface area contributed by atoms with E-state index >= 15 is 0 Å².